The molecule has 0 aromatic rings. The van der Waals surface area contributed by atoms with Gasteiger partial charge in [-0.2, -0.15) is 20.8 Å². The van der Waals surface area contributed by atoms with Crippen molar-refractivity contribution >= 4 is 5.97 Å². The van der Waals surface area contributed by atoms with E-state index < -0.39 is 28.4 Å². The third-order valence-electron chi connectivity index (χ3n) is 4.99. The Balaban J connectivity index is 4.25. The van der Waals surface area contributed by atoms with Crippen LogP contribution in [0, 0.1) is 28.1 Å². The fourth-order valence-corrected chi connectivity index (χ4v) is 3.44. The fraction of sp³-hybridized carbons (Fsp3) is 0.842. The maximum Gasteiger partial charge on any atom is 0.526 e. The Hall–Kier alpha value is -2.83. The van der Waals surface area contributed by atoms with Crippen molar-refractivity contribution in [3.63, 3.8) is 0 Å². The Bertz CT molecular complexity index is 791. The van der Waals surface area contributed by atoms with Gasteiger partial charge in [0.2, 0.25) is 13.1 Å². The summed E-state index contributed by atoms with van der Waals surface area (Å²) in [4.78, 5) is 13.1. The van der Waals surface area contributed by atoms with E-state index in [-0.39, 0.29) is 32.6 Å². The number of nitriles is 2. The maximum atomic E-state index is 13.1. The topological polar surface area (TPSA) is 192 Å². The Morgan fingerprint density at radius 3 is 1.68 bits per heavy atom. The van der Waals surface area contributed by atoms with Crippen LogP contribution in [0.15, 0.2) is 20.5 Å². The molecule has 0 aromatic carbocycles. The molecule has 0 saturated heterocycles. The third kappa shape index (κ3) is 5.09. The smallest absolute Gasteiger partial charge is 0.471 e. The second-order valence-electron chi connectivity index (χ2n) is 8.22. The summed E-state index contributed by atoms with van der Waals surface area (Å²) in [6.07, 6.45) is 1.11. The summed E-state index contributed by atoms with van der Waals surface area (Å²) in [6, 6.07) is 3.91. The molecule has 0 fully saturated rings. The van der Waals surface area contributed by atoms with E-state index in [1.165, 1.54) is 9.39 Å². The second kappa shape index (κ2) is 9.98. The highest BCUT2D eigenvalue weighted by Gasteiger charge is 2.80. The summed E-state index contributed by atoms with van der Waals surface area (Å²) in [5.41, 5.74) is 5.50. The Labute approximate surface area is 182 Å². The average Bonchev–Trinajstić information content (AvgIpc) is 2.74. The molecule has 0 aromatic heterocycles. The summed E-state index contributed by atoms with van der Waals surface area (Å²) in [7, 11) is 0. The first-order valence-electron chi connectivity index (χ1n) is 10.4. The SMILES string of the molecule is CCCN=[N+]1CC(C)(N)N=NC(C)(N)C[N+](=NCCC)C1(C(=O)O)C(C#N)(C#N)CC. The number of carbonyl (C=O) groups is 1. The average molecular weight is 435 g/mol. The Kier molecular flexibility index (Phi) is 8.44. The van der Waals surface area contributed by atoms with Crippen LogP contribution in [-0.2, 0) is 4.79 Å². The largest absolute Gasteiger partial charge is 0.526 e. The molecule has 0 amide bonds. The van der Waals surface area contributed by atoms with Crippen LogP contribution >= 0.6 is 0 Å². The molecule has 5 N–H and O–H groups in total. The molecule has 1 heterocycles. The molecule has 2 unspecified atom stereocenters. The van der Waals surface area contributed by atoms with Gasteiger partial charge in [-0.1, -0.05) is 20.8 Å². The molecule has 1 rings (SSSR count). The van der Waals surface area contributed by atoms with Crippen LogP contribution in [0.5, 0.6) is 0 Å². The minimum absolute atomic E-state index is 0.0978. The van der Waals surface area contributed by atoms with Gasteiger partial charge < -0.3 is 16.6 Å². The van der Waals surface area contributed by atoms with E-state index >= 15 is 0 Å². The summed E-state index contributed by atoms with van der Waals surface area (Å²) in [5.74, 6) is -1.45. The van der Waals surface area contributed by atoms with Gasteiger partial charge in [0.1, 0.15) is 25.2 Å². The molecule has 170 valence electrons. The van der Waals surface area contributed by atoms with Crippen molar-refractivity contribution in [2.45, 2.75) is 70.9 Å². The number of carboxylic acid groups (broad SMARTS) is 1. The number of aliphatic carboxylic acids is 1. The van der Waals surface area contributed by atoms with Crippen molar-refractivity contribution in [1.29, 1.82) is 10.5 Å². The Morgan fingerprint density at radius 1 is 1.03 bits per heavy atom. The minimum atomic E-state index is -2.30. The second-order valence-corrected chi connectivity index (χ2v) is 8.22. The Morgan fingerprint density at radius 2 is 1.42 bits per heavy atom. The number of nitrogens with two attached hydrogens (primary N) is 2. The van der Waals surface area contributed by atoms with Crippen LogP contribution < -0.4 is 11.5 Å². The van der Waals surface area contributed by atoms with Crippen LogP contribution in [-0.4, -0.2) is 63.6 Å². The lowest BCUT2D eigenvalue weighted by Crippen LogP contribution is -2.70. The van der Waals surface area contributed by atoms with Gasteiger partial charge >= 0.3 is 11.6 Å². The summed E-state index contributed by atoms with van der Waals surface area (Å²) in [5, 5.41) is 48.1. The lowest BCUT2D eigenvalue weighted by atomic mass is 9.74. The van der Waals surface area contributed by atoms with E-state index in [2.05, 4.69) is 20.5 Å². The van der Waals surface area contributed by atoms with Gasteiger partial charge in [-0.25, -0.2) is 4.79 Å². The van der Waals surface area contributed by atoms with E-state index in [0.29, 0.717) is 12.8 Å². The summed E-state index contributed by atoms with van der Waals surface area (Å²) < 4.78 is 2.38. The first kappa shape index (κ1) is 26.2. The highest BCUT2D eigenvalue weighted by Crippen LogP contribution is 2.41. The molecular weight excluding hydrogens is 400 g/mol. The molecule has 2 atom stereocenters. The highest BCUT2D eigenvalue weighted by atomic mass is 16.4. The van der Waals surface area contributed by atoms with Gasteiger partial charge in [0, 0.05) is 0 Å². The van der Waals surface area contributed by atoms with Crippen LogP contribution in [0.2, 0.25) is 0 Å². The number of carboxylic acids is 1. The zero-order chi connectivity index (χ0) is 23.9. The van der Waals surface area contributed by atoms with Gasteiger partial charge in [-0.3, -0.25) is 0 Å². The van der Waals surface area contributed by atoms with E-state index in [0.717, 1.165) is 0 Å². The van der Waals surface area contributed by atoms with Crippen molar-refractivity contribution < 1.29 is 19.3 Å². The zero-order valence-electron chi connectivity index (χ0n) is 19.0. The monoisotopic (exact) mass is 434 g/mol. The van der Waals surface area contributed by atoms with Crippen molar-refractivity contribution in [3.8, 4) is 12.1 Å². The van der Waals surface area contributed by atoms with E-state index in [9.17, 15) is 20.4 Å². The molecule has 0 spiro atoms. The first-order valence-corrected chi connectivity index (χ1v) is 10.4. The lowest BCUT2D eigenvalue weighted by molar-refractivity contribution is -0.877. The van der Waals surface area contributed by atoms with E-state index in [4.69, 9.17) is 11.5 Å². The van der Waals surface area contributed by atoms with Crippen LogP contribution in [0.4, 0.5) is 0 Å². The predicted molar refractivity (Wildman–Crippen MR) is 110 cm³/mol. The zero-order valence-corrected chi connectivity index (χ0v) is 19.0. The predicted octanol–water partition coefficient (Wildman–Crippen LogP) is 1.78. The lowest BCUT2D eigenvalue weighted by Gasteiger charge is -2.30. The maximum absolute atomic E-state index is 13.1. The van der Waals surface area contributed by atoms with Gasteiger partial charge in [0.15, 0.2) is 11.3 Å². The molecule has 31 heavy (non-hydrogen) atoms. The van der Waals surface area contributed by atoms with Gasteiger partial charge in [-0.15, -0.1) is 0 Å². The first-order chi connectivity index (χ1) is 14.4. The number of hydrogen-bond acceptors (Lipinski definition) is 9. The number of nitrogens with zero attached hydrogens (tertiary/aromatic N) is 8. The van der Waals surface area contributed by atoms with Crippen molar-refractivity contribution in [3.05, 3.63) is 0 Å². The highest BCUT2D eigenvalue weighted by molar-refractivity contribution is 5.77. The molecule has 0 bridgehead atoms. The minimum Gasteiger partial charge on any atom is -0.471 e. The van der Waals surface area contributed by atoms with E-state index in [1.54, 1.807) is 20.8 Å². The fourth-order valence-electron chi connectivity index (χ4n) is 3.44. The van der Waals surface area contributed by atoms with Gasteiger partial charge in [-0.05, 0) is 52.7 Å². The van der Waals surface area contributed by atoms with Gasteiger partial charge in [0.05, 0.1) is 0 Å². The van der Waals surface area contributed by atoms with Crippen molar-refractivity contribution in [2.75, 3.05) is 26.2 Å². The third-order valence-corrected chi connectivity index (χ3v) is 4.99. The molecule has 12 nitrogen and oxygen atoms in total. The molecule has 0 radical (unpaired) electrons. The molecule has 0 saturated carbocycles. The van der Waals surface area contributed by atoms with E-state index in [1.807, 2.05) is 26.0 Å². The quantitative estimate of drug-likeness (QED) is 0.511. The summed E-state index contributed by atoms with van der Waals surface area (Å²) in [6.45, 7) is 8.50. The normalized spacial score (nSPS) is 32.0. The number of rotatable bonds is 7. The standard InChI is InChI=1S/C19H33N10O2/c1-6-9-24-28-13-16(4,22)26-27-17(5,23)14-29(25-10-7-2)19(28,15(30)31)18(8-3,11-20)12-21/h6-10,13-14,22-23H2,1-5H3/q+1/p+1. The molecular formula is C19H34N10O2+2. The van der Waals surface area contributed by atoms with Crippen molar-refractivity contribution in [1.82, 2.24) is 0 Å². The van der Waals surface area contributed by atoms with Crippen molar-refractivity contribution in [2.24, 2.45) is 37.3 Å². The number of azo groups is 5. The van der Waals surface area contributed by atoms with Gasteiger partial charge in [0.25, 0.3) is 5.41 Å². The molecule has 1 aliphatic rings. The summed E-state index contributed by atoms with van der Waals surface area (Å²) >= 11 is 0. The molecule has 0 aliphatic carbocycles. The number of hydrogen-bond donors (Lipinski definition) is 3. The van der Waals surface area contributed by atoms with Crippen LogP contribution in [0.3, 0.4) is 0 Å². The van der Waals surface area contributed by atoms with Crippen LogP contribution in [0.1, 0.15) is 53.9 Å². The molecule has 1 aliphatic heterocycles. The van der Waals surface area contributed by atoms with Crippen LogP contribution in [0.25, 0.3) is 0 Å². The molecule has 12 heteroatoms.